The van der Waals surface area contributed by atoms with Gasteiger partial charge in [-0.2, -0.15) is 0 Å². The third-order valence-electron chi connectivity index (χ3n) is 6.03. The van der Waals surface area contributed by atoms with Gasteiger partial charge in [-0.3, -0.25) is 14.7 Å². The molecule has 2 saturated heterocycles. The number of carbonyl (C=O) groups excluding carboxylic acids is 1. The third kappa shape index (κ3) is 4.08. The van der Waals surface area contributed by atoms with Gasteiger partial charge >= 0.3 is 0 Å². The summed E-state index contributed by atoms with van der Waals surface area (Å²) in [7, 11) is 0. The quantitative estimate of drug-likeness (QED) is 0.881. The van der Waals surface area contributed by atoms with Crippen molar-refractivity contribution in [2.45, 2.75) is 44.4 Å². The number of nitrogens with zero attached hydrogens (tertiary/aromatic N) is 3. The molecule has 1 aromatic rings. The van der Waals surface area contributed by atoms with Crippen molar-refractivity contribution in [3.8, 4) is 0 Å². The molecular formula is C20H29N3O3. The van der Waals surface area contributed by atoms with E-state index in [9.17, 15) is 9.90 Å². The number of fused-ring (bicyclic) bond motifs is 3. The lowest BCUT2D eigenvalue weighted by Crippen LogP contribution is -2.49. The molecule has 2 aliphatic heterocycles. The largest absolute Gasteiger partial charge is 0.393 e. The van der Waals surface area contributed by atoms with E-state index in [1.165, 1.54) is 5.56 Å². The summed E-state index contributed by atoms with van der Waals surface area (Å²) >= 11 is 0. The van der Waals surface area contributed by atoms with Crippen LogP contribution in [-0.2, 0) is 16.1 Å². The highest BCUT2D eigenvalue weighted by Gasteiger charge is 2.38. The number of pyridine rings is 1. The number of carbonyl (C=O) groups is 1. The molecule has 0 aromatic carbocycles. The normalized spacial score (nSPS) is 32.9. The minimum atomic E-state index is -0.221. The second-order valence-electron chi connectivity index (χ2n) is 8.10. The van der Waals surface area contributed by atoms with Crippen LogP contribution in [-0.4, -0.2) is 70.8 Å². The van der Waals surface area contributed by atoms with Crippen LogP contribution >= 0.6 is 0 Å². The first-order chi connectivity index (χ1) is 12.7. The highest BCUT2D eigenvalue weighted by Crippen LogP contribution is 2.29. The Labute approximate surface area is 155 Å². The van der Waals surface area contributed by atoms with Gasteiger partial charge in [0.25, 0.3) is 0 Å². The van der Waals surface area contributed by atoms with E-state index >= 15 is 0 Å². The minimum Gasteiger partial charge on any atom is -0.393 e. The fourth-order valence-electron chi connectivity index (χ4n) is 4.64. The van der Waals surface area contributed by atoms with Gasteiger partial charge in [0.15, 0.2) is 0 Å². The molecule has 1 saturated carbocycles. The molecular weight excluding hydrogens is 330 g/mol. The number of amides is 1. The zero-order valence-electron chi connectivity index (χ0n) is 15.3. The number of hydrogen-bond donors (Lipinski definition) is 1. The van der Waals surface area contributed by atoms with Crippen molar-refractivity contribution < 1.29 is 14.6 Å². The van der Waals surface area contributed by atoms with E-state index in [0.717, 1.165) is 58.5 Å². The summed E-state index contributed by atoms with van der Waals surface area (Å²) in [5, 5.41) is 9.73. The maximum atomic E-state index is 13.2. The predicted molar refractivity (Wildman–Crippen MR) is 97.3 cm³/mol. The molecule has 0 spiro atoms. The van der Waals surface area contributed by atoms with E-state index in [1.54, 1.807) is 0 Å². The Morgan fingerprint density at radius 2 is 1.88 bits per heavy atom. The van der Waals surface area contributed by atoms with E-state index in [-0.39, 0.29) is 24.0 Å². The van der Waals surface area contributed by atoms with Gasteiger partial charge in [-0.05, 0) is 43.4 Å². The highest BCUT2D eigenvalue weighted by atomic mass is 16.5. The summed E-state index contributed by atoms with van der Waals surface area (Å²) in [6.45, 7) is 4.88. The molecule has 1 N–H and O–H groups in total. The molecule has 2 bridgehead atoms. The van der Waals surface area contributed by atoms with Crippen LogP contribution in [0, 0.1) is 11.8 Å². The summed E-state index contributed by atoms with van der Waals surface area (Å²) in [6.07, 6.45) is 6.59. The molecule has 2 atom stereocenters. The predicted octanol–water partition coefficient (Wildman–Crippen LogP) is 1.29. The van der Waals surface area contributed by atoms with Crippen LogP contribution in [0.3, 0.4) is 0 Å². The molecule has 1 aliphatic carbocycles. The van der Waals surface area contributed by atoms with E-state index < -0.39 is 0 Å². The Morgan fingerprint density at radius 3 is 2.65 bits per heavy atom. The van der Waals surface area contributed by atoms with Crippen LogP contribution < -0.4 is 0 Å². The van der Waals surface area contributed by atoms with Crippen molar-refractivity contribution >= 4 is 5.91 Å². The molecule has 1 aromatic heterocycles. The molecule has 1 amide bonds. The van der Waals surface area contributed by atoms with Crippen molar-refractivity contribution in [2.24, 2.45) is 11.8 Å². The molecule has 4 rings (SSSR count). The second kappa shape index (κ2) is 8.03. The standard InChI is InChI=1S/C20H29N3O3/c24-19-3-1-17(2-4-19)20(25)23-11-16-10-22(12-18(23)14-26-13-16)9-15-5-7-21-8-6-15/h5-8,16-19,24H,1-4,9-14H2/t16-,17?,18-,19?/m0/s1. The lowest BCUT2D eigenvalue weighted by molar-refractivity contribution is -0.140. The Hall–Kier alpha value is -1.50. The Balaban J connectivity index is 1.45. The van der Waals surface area contributed by atoms with Crippen molar-refractivity contribution in [2.75, 3.05) is 32.8 Å². The van der Waals surface area contributed by atoms with E-state index in [0.29, 0.717) is 12.5 Å². The first-order valence-corrected chi connectivity index (χ1v) is 9.86. The third-order valence-corrected chi connectivity index (χ3v) is 6.03. The van der Waals surface area contributed by atoms with E-state index in [4.69, 9.17) is 4.74 Å². The lowest BCUT2D eigenvalue weighted by Gasteiger charge is -2.35. The van der Waals surface area contributed by atoms with Crippen LogP contribution in [0.15, 0.2) is 24.5 Å². The van der Waals surface area contributed by atoms with Crippen LogP contribution in [0.1, 0.15) is 31.2 Å². The van der Waals surface area contributed by atoms with Gasteiger partial charge in [-0.15, -0.1) is 0 Å². The van der Waals surface area contributed by atoms with Crippen molar-refractivity contribution in [3.05, 3.63) is 30.1 Å². The van der Waals surface area contributed by atoms with Crippen molar-refractivity contribution in [3.63, 3.8) is 0 Å². The number of aliphatic hydroxyl groups is 1. The molecule has 142 valence electrons. The van der Waals surface area contributed by atoms with Gasteiger partial charge in [0, 0.05) is 50.4 Å². The second-order valence-corrected chi connectivity index (χ2v) is 8.10. The molecule has 3 heterocycles. The zero-order chi connectivity index (χ0) is 17.9. The fraction of sp³-hybridized carbons (Fsp3) is 0.700. The van der Waals surface area contributed by atoms with Gasteiger partial charge in [0.05, 0.1) is 25.4 Å². The van der Waals surface area contributed by atoms with Gasteiger partial charge < -0.3 is 14.7 Å². The topological polar surface area (TPSA) is 65.9 Å². The summed E-state index contributed by atoms with van der Waals surface area (Å²) in [5.41, 5.74) is 1.26. The number of aliphatic hydroxyl groups excluding tert-OH is 1. The SMILES string of the molecule is O=C(C1CCC(O)CC1)N1C[C@H]2COC[C@@H]1CN(Cc1ccncc1)C2. The van der Waals surface area contributed by atoms with E-state index in [1.807, 2.05) is 12.4 Å². The van der Waals surface area contributed by atoms with Crippen LogP contribution in [0.25, 0.3) is 0 Å². The van der Waals surface area contributed by atoms with Crippen LogP contribution in [0.5, 0.6) is 0 Å². The number of hydrogen-bond acceptors (Lipinski definition) is 5. The average molecular weight is 359 g/mol. The van der Waals surface area contributed by atoms with Crippen LogP contribution in [0.4, 0.5) is 0 Å². The summed E-state index contributed by atoms with van der Waals surface area (Å²) < 4.78 is 5.87. The highest BCUT2D eigenvalue weighted by molar-refractivity contribution is 5.79. The average Bonchev–Trinajstić information content (AvgIpc) is 2.93. The fourth-order valence-corrected chi connectivity index (χ4v) is 4.64. The molecule has 26 heavy (non-hydrogen) atoms. The maximum absolute atomic E-state index is 13.2. The van der Waals surface area contributed by atoms with Crippen molar-refractivity contribution in [1.29, 1.82) is 0 Å². The Kier molecular flexibility index (Phi) is 5.52. The Bertz CT molecular complexity index is 604. The molecule has 3 fully saturated rings. The van der Waals surface area contributed by atoms with Gasteiger partial charge in [-0.25, -0.2) is 0 Å². The molecule has 0 unspecified atom stereocenters. The monoisotopic (exact) mass is 359 g/mol. The van der Waals surface area contributed by atoms with E-state index in [2.05, 4.69) is 26.9 Å². The molecule has 6 heteroatoms. The van der Waals surface area contributed by atoms with Crippen LogP contribution in [0.2, 0.25) is 0 Å². The molecule has 3 aliphatic rings. The lowest BCUT2D eigenvalue weighted by atomic mass is 9.86. The first kappa shape index (κ1) is 17.9. The zero-order valence-corrected chi connectivity index (χ0v) is 15.3. The summed E-state index contributed by atoms with van der Waals surface area (Å²) in [5.74, 6) is 0.719. The maximum Gasteiger partial charge on any atom is 0.226 e. The smallest absolute Gasteiger partial charge is 0.226 e. The number of aromatic nitrogens is 1. The number of ether oxygens (including phenoxy) is 1. The molecule has 0 radical (unpaired) electrons. The van der Waals surface area contributed by atoms with Crippen molar-refractivity contribution in [1.82, 2.24) is 14.8 Å². The molecule has 6 nitrogen and oxygen atoms in total. The summed E-state index contributed by atoms with van der Waals surface area (Å²) in [4.78, 5) is 21.8. The summed E-state index contributed by atoms with van der Waals surface area (Å²) in [6, 6.07) is 4.25. The number of rotatable bonds is 3. The van der Waals surface area contributed by atoms with Gasteiger partial charge in [0.1, 0.15) is 0 Å². The van der Waals surface area contributed by atoms with Gasteiger partial charge in [0.2, 0.25) is 5.91 Å². The first-order valence-electron chi connectivity index (χ1n) is 9.86. The Morgan fingerprint density at radius 1 is 1.12 bits per heavy atom. The minimum absolute atomic E-state index is 0.0754. The van der Waals surface area contributed by atoms with Gasteiger partial charge in [-0.1, -0.05) is 0 Å².